The van der Waals surface area contributed by atoms with Gasteiger partial charge in [0.05, 0.1) is 6.54 Å². The second-order valence-electron chi connectivity index (χ2n) is 3.48. The van der Waals surface area contributed by atoms with Gasteiger partial charge in [-0.15, -0.1) is 0 Å². The number of aromatic amines is 1. The van der Waals surface area contributed by atoms with E-state index in [9.17, 15) is 19.2 Å². The van der Waals surface area contributed by atoms with E-state index in [0.717, 1.165) is 17.7 Å². The molecule has 1 aromatic heterocycles. The molecule has 1 heterocycles. The summed E-state index contributed by atoms with van der Waals surface area (Å²) >= 11 is 5.52. The quantitative estimate of drug-likeness (QED) is 0.636. The van der Waals surface area contributed by atoms with E-state index in [1.54, 1.807) is 0 Å². The molecular weight excluding hydrogens is 266 g/mol. The first-order valence-corrected chi connectivity index (χ1v) is 5.18. The maximum absolute atomic E-state index is 11.4. The topological polar surface area (TPSA) is 121 Å². The van der Waals surface area contributed by atoms with E-state index >= 15 is 0 Å². The molecule has 3 N–H and O–H groups in total. The van der Waals surface area contributed by atoms with Gasteiger partial charge < -0.3 is 10.4 Å². The second kappa shape index (κ2) is 5.50. The van der Waals surface area contributed by atoms with Gasteiger partial charge in [0.1, 0.15) is 11.1 Å². The molecule has 1 atom stereocenters. The third-order valence-electron chi connectivity index (χ3n) is 2.02. The predicted octanol–water partition coefficient (Wildman–Crippen LogP) is -1.22. The van der Waals surface area contributed by atoms with E-state index in [1.165, 1.54) is 0 Å². The summed E-state index contributed by atoms with van der Waals surface area (Å²) in [4.78, 5) is 46.0. The fraction of sp³-hybridized carbons (Fsp3) is 0.333. The van der Waals surface area contributed by atoms with Crippen LogP contribution in [0.25, 0.3) is 0 Å². The van der Waals surface area contributed by atoms with Crippen molar-refractivity contribution in [1.82, 2.24) is 14.9 Å². The molecule has 98 valence electrons. The number of amides is 1. The van der Waals surface area contributed by atoms with Gasteiger partial charge in [0.25, 0.3) is 5.56 Å². The van der Waals surface area contributed by atoms with Crippen LogP contribution in [0.2, 0.25) is 5.02 Å². The van der Waals surface area contributed by atoms with Crippen molar-refractivity contribution in [2.45, 2.75) is 19.5 Å². The number of halogens is 1. The van der Waals surface area contributed by atoms with E-state index in [4.69, 9.17) is 16.7 Å². The van der Waals surface area contributed by atoms with Crippen molar-refractivity contribution in [2.75, 3.05) is 0 Å². The fourth-order valence-electron chi connectivity index (χ4n) is 1.25. The SMILES string of the molecule is CC(=O)NC(Cn1cc(Cl)c(=O)[nH]c1=O)C(=O)O. The van der Waals surface area contributed by atoms with Gasteiger partial charge in [-0.25, -0.2) is 9.59 Å². The Morgan fingerprint density at radius 3 is 2.67 bits per heavy atom. The zero-order valence-corrected chi connectivity index (χ0v) is 10.0. The van der Waals surface area contributed by atoms with Crippen molar-refractivity contribution in [3.8, 4) is 0 Å². The summed E-state index contributed by atoms with van der Waals surface area (Å²) in [6.45, 7) is 0.808. The van der Waals surface area contributed by atoms with E-state index < -0.39 is 29.2 Å². The summed E-state index contributed by atoms with van der Waals surface area (Å²) in [6.07, 6.45) is 1.01. The van der Waals surface area contributed by atoms with Crippen LogP contribution in [0.15, 0.2) is 15.8 Å². The molecule has 0 aliphatic rings. The lowest BCUT2D eigenvalue weighted by Gasteiger charge is -2.14. The van der Waals surface area contributed by atoms with Crippen molar-refractivity contribution in [1.29, 1.82) is 0 Å². The van der Waals surface area contributed by atoms with Crippen molar-refractivity contribution < 1.29 is 14.7 Å². The number of hydrogen-bond donors (Lipinski definition) is 3. The summed E-state index contributed by atoms with van der Waals surface area (Å²) in [6, 6.07) is -1.29. The molecular formula is C9H10ClN3O5. The number of carboxylic acids is 1. The third-order valence-corrected chi connectivity index (χ3v) is 2.29. The van der Waals surface area contributed by atoms with E-state index in [1.807, 2.05) is 4.98 Å². The number of H-pyrrole nitrogens is 1. The number of carboxylic acid groups (broad SMARTS) is 1. The molecule has 1 amide bonds. The molecule has 1 rings (SSSR count). The average molecular weight is 276 g/mol. The number of aromatic nitrogens is 2. The number of carbonyl (C=O) groups excluding carboxylic acids is 1. The number of hydrogen-bond acceptors (Lipinski definition) is 4. The lowest BCUT2D eigenvalue weighted by atomic mass is 10.3. The molecule has 8 nitrogen and oxygen atoms in total. The molecule has 0 aliphatic carbocycles. The largest absolute Gasteiger partial charge is 0.480 e. The molecule has 1 aromatic rings. The monoisotopic (exact) mass is 275 g/mol. The zero-order chi connectivity index (χ0) is 13.9. The molecule has 0 radical (unpaired) electrons. The Morgan fingerprint density at radius 2 is 2.17 bits per heavy atom. The number of carbonyl (C=O) groups is 2. The molecule has 0 aliphatic heterocycles. The number of rotatable bonds is 4. The lowest BCUT2D eigenvalue weighted by Crippen LogP contribution is -2.45. The Bertz CT molecular complexity index is 591. The third kappa shape index (κ3) is 3.45. The molecule has 1 unspecified atom stereocenters. The highest BCUT2D eigenvalue weighted by Crippen LogP contribution is 1.97. The van der Waals surface area contributed by atoms with Crippen LogP contribution in [0, 0.1) is 0 Å². The summed E-state index contributed by atoms with van der Waals surface area (Å²) in [5.74, 6) is -1.86. The van der Waals surface area contributed by atoms with Crippen molar-refractivity contribution in [3.05, 3.63) is 32.1 Å². The van der Waals surface area contributed by atoms with Crippen LogP contribution in [0.3, 0.4) is 0 Å². The highest BCUT2D eigenvalue weighted by molar-refractivity contribution is 6.30. The Labute approximate surface area is 105 Å². The molecule has 0 saturated carbocycles. The van der Waals surface area contributed by atoms with Gasteiger partial charge >= 0.3 is 11.7 Å². The van der Waals surface area contributed by atoms with Crippen LogP contribution in [-0.4, -0.2) is 32.6 Å². The molecule has 0 spiro atoms. The number of aliphatic carboxylic acids is 1. The lowest BCUT2D eigenvalue weighted by molar-refractivity contribution is -0.142. The average Bonchev–Trinajstić information content (AvgIpc) is 2.23. The van der Waals surface area contributed by atoms with Crippen LogP contribution in [0.1, 0.15) is 6.92 Å². The second-order valence-corrected chi connectivity index (χ2v) is 3.89. The van der Waals surface area contributed by atoms with Crippen LogP contribution >= 0.6 is 11.6 Å². The maximum Gasteiger partial charge on any atom is 0.328 e. The minimum absolute atomic E-state index is 0.249. The molecule has 0 fully saturated rings. The van der Waals surface area contributed by atoms with Gasteiger partial charge in [0.15, 0.2) is 0 Å². The Morgan fingerprint density at radius 1 is 1.56 bits per heavy atom. The minimum atomic E-state index is -1.31. The van der Waals surface area contributed by atoms with Gasteiger partial charge in [-0.2, -0.15) is 0 Å². The van der Waals surface area contributed by atoms with E-state index in [-0.39, 0.29) is 11.6 Å². The number of nitrogens with zero attached hydrogens (tertiary/aromatic N) is 1. The molecule has 0 saturated heterocycles. The highest BCUT2D eigenvalue weighted by atomic mass is 35.5. The fourth-order valence-corrected chi connectivity index (χ4v) is 1.41. The van der Waals surface area contributed by atoms with Crippen molar-refractivity contribution in [2.24, 2.45) is 0 Å². The Balaban J connectivity index is 3.04. The molecule has 18 heavy (non-hydrogen) atoms. The van der Waals surface area contributed by atoms with Gasteiger partial charge in [-0.1, -0.05) is 11.6 Å². The summed E-state index contributed by atoms with van der Waals surface area (Å²) in [5.41, 5.74) is -1.56. The maximum atomic E-state index is 11.4. The number of nitrogens with one attached hydrogen (secondary N) is 2. The molecule has 0 bridgehead atoms. The van der Waals surface area contributed by atoms with Crippen LogP contribution in [0.4, 0.5) is 0 Å². The summed E-state index contributed by atoms with van der Waals surface area (Å²) in [5, 5.41) is 10.8. The van der Waals surface area contributed by atoms with E-state index in [2.05, 4.69) is 5.32 Å². The summed E-state index contributed by atoms with van der Waals surface area (Å²) in [7, 11) is 0. The van der Waals surface area contributed by atoms with Gasteiger partial charge in [0.2, 0.25) is 5.91 Å². The molecule has 0 aromatic carbocycles. The van der Waals surface area contributed by atoms with Gasteiger partial charge in [-0.3, -0.25) is 19.1 Å². The first-order chi connectivity index (χ1) is 8.31. The van der Waals surface area contributed by atoms with Crippen LogP contribution < -0.4 is 16.6 Å². The standard InChI is InChI=1S/C9H10ClN3O5/c1-4(14)11-6(8(16)17)3-13-2-5(10)7(15)12-9(13)18/h2,6H,3H2,1H3,(H,11,14)(H,16,17)(H,12,15,18). The minimum Gasteiger partial charge on any atom is -0.480 e. The molecule has 9 heteroatoms. The Hall–Kier alpha value is -2.09. The van der Waals surface area contributed by atoms with Crippen LogP contribution in [-0.2, 0) is 16.1 Å². The van der Waals surface area contributed by atoms with Crippen LogP contribution in [0.5, 0.6) is 0 Å². The first-order valence-electron chi connectivity index (χ1n) is 4.80. The van der Waals surface area contributed by atoms with Gasteiger partial charge in [0, 0.05) is 13.1 Å². The summed E-state index contributed by atoms with van der Waals surface area (Å²) < 4.78 is 0.901. The first kappa shape index (κ1) is 14.0. The smallest absolute Gasteiger partial charge is 0.328 e. The van der Waals surface area contributed by atoms with E-state index in [0.29, 0.717) is 0 Å². The predicted molar refractivity (Wildman–Crippen MR) is 61.6 cm³/mol. The zero-order valence-electron chi connectivity index (χ0n) is 9.27. The van der Waals surface area contributed by atoms with Crippen molar-refractivity contribution >= 4 is 23.5 Å². The van der Waals surface area contributed by atoms with Gasteiger partial charge in [-0.05, 0) is 0 Å². The highest BCUT2D eigenvalue weighted by Gasteiger charge is 2.19. The van der Waals surface area contributed by atoms with Crippen molar-refractivity contribution in [3.63, 3.8) is 0 Å². The Kier molecular flexibility index (Phi) is 4.27. The normalized spacial score (nSPS) is 11.9.